The first-order chi connectivity index (χ1) is 7.38. The fraction of sp³-hybridized carbons (Fsp3) is 0.182. The summed E-state index contributed by atoms with van der Waals surface area (Å²) >= 11 is 0. The van der Waals surface area contributed by atoms with E-state index >= 15 is 0 Å². The molecule has 2 aromatic rings. The maximum atomic E-state index is 12.5. The van der Waals surface area contributed by atoms with E-state index in [-0.39, 0.29) is 5.56 Å². The van der Waals surface area contributed by atoms with E-state index in [2.05, 4.69) is 4.98 Å². The third-order valence-electron chi connectivity index (χ3n) is 2.38. The smallest absolute Gasteiger partial charge is 0.322 e. The number of aromatic nitrogens is 1. The second-order valence-electron chi connectivity index (χ2n) is 3.57. The highest BCUT2D eigenvalue weighted by Crippen LogP contribution is 2.31. The Labute approximate surface area is 88.7 Å². The average molecular weight is 227 g/mol. The maximum absolute atomic E-state index is 12.5. The number of H-pyrrole nitrogens is 1. The number of alkyl halides is 3. The van der Waals surface area contributed by atoms with Gasteiger partial charge in [0.25, 0.3) is 0 Å². The molecule has 1 aromatic heterocycles. The summed E-state index contributed by atoms with van der Waals surface area (Å²) in [7, 11) is 0. The zero-order valence-electron chi connectivity index (χ0n) is 8.35. The number of hydrogen-bond acceptors (Lipinski definition) is 1. The van der Waals surface area contributed by atoms with Crippen LogP contribution in [0.1, 0.15) is 11.1 Å². The van der Waals surface area contributed by atoms with Crippen molar-refractivity contribution in [2.24, 2.45) is 0 Å². The zero-order chi connectivity index (χ0) is 11.9. The van der Waals surface area contributed by atoms with Crippen LogP contribution >= 0.6 is 0 Å². The lowest BCUT2D eigenvalue weighted by Gasteiger charge is -2.08. The largest absolute Gasteiger partial charge is 0.416 e. The van der Waals surface area contributed by atoms with E-state index in [1.54, 1.807) is 6.92 Å². The minimum absolute atomic E-state index is 0.315. The molecule has 1 heterocycles. The van der Waals surface area contributed by atoms with Gasteiger partial charge >= 0.3 is 6.18 Å². The van der Waals surface area contributed by atoms with Crippen molar-refractivity contribution in [3.8, 4) is 0 Å². The van der Waals surface area contributed by atoms with Crippen molar-refractivity contribution in [1.82, 2.24) is 4.98 Å². The van der Waals surface area contributed by atoms with Crippen molar-refractivity contribution in [2.45, 2.75) is 13.1 Å². The quantitative estimate of drug-likeness (QED) is 0.737. The Morgan fingerprint density at radius 3 is 2.50 bits per heavy atom. The van der Waals surface area contributed by atoms with Gasteiger partial charge in [-0.25, -0.2) is 0 Å². The summed E-state index contributed by atoms with van der Waals surface area (Å²) in [4.78, 5) is 13.6. The summed E-state index contributed by atoms with van der Waals surface area (Å²) in [6.07, 6.45) is -4.36. The highest BCUT2D eigenvalue weighted by molar-refractivity contribution is 5.82. The number of rotatable bonds is 0. The van der Waals surface area contributed by atoms with Gasteiger partial charge < -0.3 is 4.98 Å². The van der Waals surface area contributed by atoms with Crippen LogP contribution in [0.15, 0.2) is 29.1 Å². The summed E-state index contributed by atoms with van der Waals surface area (Å²) < 4.78 is 37.4. The van der Waals surface area contributed by atoms with Gasteiger partial charge in [-0.2, -0.15) is 13.2 Å². The third kappa shape index (κ3) is 1.80. The lowest BCUT2D eigenvalue weighted by atomic mass is 10.1. The zero-order valence-corrected chi connectivity index (χ0v) is 8.35. The number of pyridine rings is 1. The van der Waals surface area contributed by atoms with E-state index in [1.165, 1.54) is 12.1 Å². The Balaban J connectivity index is 2.76. The minimum atomic E-state index is -4.36. The molecule has 0 amide bonds. The van der Waals surface area contributed by atoms with Gasteiger partial charge in [-0.05, 0) is 30.7 Å². The molecule has 1 N–H and O–H groups in total. The van der Waals surface area contributed by atoms with Crippen LogP contribution in [-0.4, -0.2) is 4.98 Å². The Kier molecular flexibility index (Phi) is 2.26. The minimum Gasteiger partial charge on any atom is -0.322 e. The van der Waals surface area contributed by atoms with Gasteiger partial charge in [0, 0.05) is 17.0 Å². The van der Waals surface area contributed by atoms with Gasteiger partial charge in [0.1, 0.15) is 0 Å². The van der Waals surface area contributed by atoms with E-state index < -0.39 is 11.7 Å². The molecule has 2 rings (SSSR count). The number of hydrogen-bond donors (Lipinski definition) is 1. The highest BCUT2D eigenvalue weighted by atomic mass is 19.4. The Hall–Kier alpha value is -1.78. The first-order valence-electron chi connectivity index (χ1n) is 4.59. The van der Waals surface area contributed by atoms with E-state index in [0.29, 0.717) is 16.5 Å². The lowest BCUT2D eigenvalue weighted by molar-refractivity contribution is -0.137. The molecule has 0 bridgehead atoms. The molecule has 0 aliphatic rings. The second-order valence-corrected chi connectivity index (χ2v) is 3.57. The van der Waals surface area contributed by atoms with Crippen molar-refractivity contribution >= 4 is 10.9 Å². The number of fused-ring (bicyclic) bond motifs is 1. The van der Waals surface area contributed by atoms with Gasteiger partial charge in [-0.3, -0.25) is 4.79 Å². The van der Waals surface area contributed by atoms with Crippen molar-refractivity contribution in [3.63, 3.8) is 0 Å². The van der Waals surface area contributed by atoms with Crippen LogP contribution in [0.3, 0.4) is 0 Å². The Morgan fingerprint density at radius 1 is 1.19 bits per heavy atom. The van der Waals surface area contributed by atoms with Gasteiger partial charge in [0.15, 0.2) is 0 Å². The molecule has 0 aliphatic carbocycles. The normalized spacial score (nSPS) is 12.0. The van der Waals surface area contributed by atoms with E-state index in [9.17, 15) is 18.0 Å². The van der Waals surface area contributed by atoms with Crippen LogP contribution in [0, 0.1) is 6.92 Å². The van der Waals surface area contributed by atoms with Crippen LogP contribution in [0.4, 0.5) is 13.2 Å². The van der Waals surface area contributed by atoms with Gasteiger partial charge in [0.05, 0.1) is 5.56 Å². The topological polar surface area (TPSA) is 32.9 Å². The molecule has 2 nitrogen and oxygen atoms in total. The molecule has 5 heteroatoms. The van der Waals surface area contributed by atoms with Crippen molar-refractivity contribution < 1.29 is 13.2 Å². The predicted octanol–water partition coefficient (Wildman–Crippen LogP) is 2.86. The van der Waals surface area contributed by atoms with E-state index in [0.717, 1.165) is 12.1 Å². The molecule has 0 unspecified atom stereocenters. The third-order valence-corrected chi connectivity index (χ3v) is 2.38. The molecule has 0 fully saturated rings. The molecular weight excluding hydrogens is 219 g/mol. The Bertz CT molecular complexity index is 598. The summed E-state index contributed by atoms with van der Waals surface area (Å²) in [6, 6.07) is 4.55. The van der Waals surface area contributed by atoms with Gasteiger partial charge in [0.2, 0.25) is 5.56 Å². The van der Waals surface area contributed by atoms with Crippen LogP contribution in [0.5, 0.6) is 0 Å². The average Bonchev–Trinajstić information content (AvgIpc) is 2.15. The van der Waals surface area contributed by atoms with Gasteiger partial charge in [-0.1, -0.05) is 0 Å². The lowest BCUT2D eigenvalue weighted by Crippen LogP contribution is -2.08. The highest BCUT2D eigenvalue weighted by Gasteiger charge is 2.30. The van der Waals surface area contributed by atoms with Crippen molar-refractivity contribution in [2.75, 3.05) is 0 Å². The summed E-state index contributed by atoms with van der Waals surface area (Å²) in [5, 5.41) is 0.412. The fourth-order valence-electron chi connectivity index (χ4n) is 1.60. The van der Waals surface area contributed by atoms with Crippen LogP contribution < -0.4 is 5.56 Å². The Morgan fingerprint density at radius 2 is 1.88 bits per heavy atom. The fourth-order valence-corrected chi connectivity index (χ4v) is 1.60. The molecule has 0 aliphatic heterocycles. The van der Waals surface area contributed by atoms with Crippen molar-refractivity contribution in [3.05, 3.63) is 45.7 Å². The molecule has 16 heavy (non-hydrogen) atoms. The van der Waals surface area contributed by atoms with E-state index in [1.807, 2.05) is 0 Å². The number of benzene rings is 1. The summed E-state index contributed by atoms with van der Waals surface area (Å²) in [5.41, 5.74) is -0.0808. The van der Waals surface area contributed by atoms with Crippen molar-refractivity contribution in [1.29, 1.82) is 0 Å². The molecule has 1 aromatic carbocycles. The van der Waals surface area contributed by atoms with Crippen LogP contribution in [0.25, 0.3) is 10.9 Å². The molecular formula is C11H8F3NO. The van der Waals surface area contributed by atoms with Crippen LogP contribution in [-0.2, 0) is 6.18 Å². The molecule has 0 saturated carbocycles. The standard InChI is InChI=1S/C11H8F3NO/c1-6-4-10(16)15-9-3-2-7(5-8(6)9)11(12,13)14/h2-5H,1H3,(H,15,16). The molecule has 0 saturated heterocycles. The molecule has 0 radical (unpaired) electrons. The monoisotopic (exact) mass is 227 g/mol. The van der Waals surface area contributed by atoms with Crippen LogP contribution in [0.2, 0.25) is 0 Å². The first kappa shape index (κ1) is 10.7. The number of halogens is 3. The predicted molar refractivity (Wildman–Crippen MR) is 54.3 cm³/mol. The summed E-state index contributed by atoms with van der Waals surface area (Å²) in [6.45, 7) is 1.61. The molecule has 84 valence electrons. The molecule has 0 atom stereocenters. The molecule has 0 spiro atoms. The first-order valence-corrected chi connectivity index (χ1v) is 4.59. The number of nitrogens with one attached hydrogen (secondary N) is 1. The number of aromatic amines is 1. The maximum Gasteiger partial charge on any atom is 0.416 e. The number of aryl methyl sites for hydroxylation is 1. The van der Waals surface area contributed by atoms with Gasteiger partial charge in [-0.15, -0.1) is 0 Å². The van der Waals surface area contributed by atoms with E-state index in [4.69, 9.17) is 0 Å². The summed E-state index contributed by atoms with van der Waals surface area (Å²) in [5.74, 6) is 0. The SMILES string of the molecule is Cc1cc(=O)[nH]c2ccc(C(F)(F)F)cc12. The second kappa shape index (κ2) is 3.37.